The SMILES string of the molecule is CN=C(NCCNC(=O)C(C)(C)C)NCc1ccc(C)cc1OC.I. The van der Waals surface area contributed by atoms with Crippen molar-refractivity contribution in [3.05, 3.63) is 29.3 Å². The van der Waals surface area contributed by atoms with Crippen molar-refractivity contribution in [2.24, 2.45) is 10.4 Å². The molecule has 0 atom stereocenters. The van der Waals surface area contributed by atoms with Gasteiger partial charge in [-0.3, -0.25) is 9.79 Å². The fourth-order valence-corrected chi connectivity index (χ4v) is 2.02. The summed E-state index contributed by atoms with van der Waals surface area (Å²) in [6.07, 6.45) is 0. The number of hydrogen-bond acceptors (Lipinski definition) is 3. The highest BCUT2D eigenvalue weighted by Gasteiger charge is 2.20. The quantitative estimate of drug-likeness (QED) is 0.263. The van der Waals surface area contributed by atoms with Crippen LogP contribution in [0, 0.1) is 12.3 Å². The van der Waals surface area contributed by atoms with E-state index in [1.54, 1.807) is 14.2 Å². The molecule has 142 valence electrons. The lowest BCUT2D eigenvalue weighted by Crippen LogP contribution is -2.43. The van der Waals surface area contributed by atoms with Crippen LogP contribution in [0.25, 0.3) is 0 Å². The predicted molar refractivity (Wildman–Crippen MR) is 114 cm³/mol. The molecule has 0 saturated heterocycles. The lowest BCUT2D eigenvalue weighted by molar-refractivity contribution is -0.128. The summed E-state index contributed by atoms with van der Waals surface area (Å²) in [5.74, 6) is 1.58. The molecule has 1 rings (SSSR count). The second-order valence-electron chi connectivity index (χ2n) is 6.67. The number of rotatable bonds is 6. The van der Waals surface area contributed by atoms with Crippen LogP contribution in [0.1, 0.15) is 31.9 Å². The van der Waals surface area contributed by atoms with Crippen LogP contribution >= 0.6 is 24.0 Å². The average Bonchev–Trinajstić information content (AvgIpc) is 2.53. The number of carbonyl (C=O) groups is 1. The molecule has 1 amide bonds. The molecule has 0 aliphatic rings. The van der Waals surface area contributed by atoms with Gasteiger partial charge < -0.3 is 20.7 Å². The minimum Gasteiger partial charge on any atom is -0.496 e. The number of nitrogens with zero attached hydrogens (tertiary/aromatic N) is 1. The number of hydrogen-bond donors (Lipinski definition) is 3. The van der Waals surface area contributed by atoms with E-state index >= 15 is 0 Å². The second-order valence-corrected chi connectivity index (χ2v) is 6.67. The number of benzene rings is 1. The molecule has 0 bridgehead atoms. The van der Waals surface area contributed by atoms with Crippen LogP contribution in [0.15, 0.2) is 23.2 Å². The van der Waals surface area contributed by atoms with Gasteiger partial charge in [-0.05, 0) is 18.6 Å². The molecule has 0 fully saturated rings. The molecule has 3 N–H and O–H groups in total. The van der Waals surface area contributed by atoms with Crippen LogP contribution in [0.5, 0.6) is 5.75 Å². The first-order valence-electron chi connectivity index (χ1n) is 8.14. The highest BCUT2D eigenvalue weighted by Crippen LogP contribution is 2.19. The molecule has 0 aliphatic carbocycles. The van der Waals surface area contributed by atoms with E-state index in [1.165, 1.54) is 0 Å². The molecule has 7 heteroatoms. The van der Waals surface area contributed by atoms with Gasteiger partial charge in [0, 0.05) is 37.7 Å². The Hall–Kier alpha value is -1.51. The van der Waals surface area contributed by atoms with Gasteiger partial charge in [-0.25, -0.2) is 0 Å². The van der Waals surface area contributed by atoms with Crippen molar-refractivity contribution in [2.45, 2.75) is 34.2 Å². The number of aliphatic imine (C=N–C) groups is 1. The van der Waals surface area contributed by atoms with Crippen LogP contribution in [-0.2, 0) is 11.3 Å². The first kappa shape index (κ1) is 23.5. The van der Waals surface area contributed by atoms with Crippen molar-refractivity contribution in [3.8, 4) is 5.75 Å². The van der Waals surface area contributed by atoms with Gasteiger partial charge >= 0.3 is 0 Å². The standard InChI is InChI=1S/C18H30N4O2.HI/c1-13-7-8-14(15(11-13)24-6)12-22-17(19-5)21-10-9-20-16(23)18(2,3)4;/h7-8,11H,9-10,12H2,1-6H3,(H,20,23)(H2,19,21,22);1H. The Morgan fingerprint density at radius 2 is 1.80 bits per heavy atom. The first-order valence-corrected chi connectivity index (χ1v) is 8.14. The number of ether oxygens (including phenoxy) is 1. The lowest BCUT2D eigenvalue weighted by Gasteiger charge is -2.18. The molecule has 6 nitrogen and oxygen atoms in total. The molecule has 1 aromatic rings. The Kier molecular flexibility index (Phi) is 10.5. The number of nitrogens with one attached hydrogen (secondary N) is 3. The van der Waals surface area contributed by atoms with Gasteiger partial charge in [-0.2, -0.15) is 0 Å². The Morgan fingerprint density at radius 1 is 1.16 bits per heavy atom. The summed E-state index contributed by atoms with van der Waals surface area (Å²) in [6.45, 7) is 9.47. The van der Waals surface area contributed by atoms with E-state index in [1.807, 2.05) is 39.8 Å². The van der Waals surface area contributed by atoms with Crippen LogP contribution < -0.4 is 20.7 Å². The minimum absolute atomic E-state index is 0. The van der Waals surface area contributed by atoms with Gasteiger partial charge in [-0.15, -0.1) is 24.0 Å². The van der Waals surface area contributed by atoms with E-state index in [0.717, 1.165) is 16.9 Å². The zero-order valence-corrected chi connectivity index (χ0v) is 18.4. The Bertz CT molecular complexity index is 583. The average molecular weight is 462 g/mol. The molecule has 0 unspecified atom stereocenters. The monoisotopic (exact) mass is 462 g/mol. The summed E-state index contributed by atoms with van der Waals surface area (Å²) in [5, 5.41) is 9.32. The minimum atomic E-state index is -0.373. The molecule has 0 saturated carbocycles. The molecule has 0 aliphatic heterocycles. The third kappa shape index (κ3) is 8.42. The molecule has 0 radical (unpaired) electrons. The van der Waals surface area contributed by atoms with Crippen LogP contribution in [0.2, 0.25) is 0 Å². The van der Waals surface area contributed by atoms with Gasteiger partial charge in [-0.1, -0.05) is 32.9 Å². The number of aryl methyl sites for hydroxylation is 1. The smallest absolute Gasteiger partial charge is 0.225 e. The van der Waals surface area contributed by atoms with Gasteiger partial charge in [0.15, 0.2) is 5.96 Å². The summed E-state index contributed by atoms with van der Waals surface area (Å²) in [4.78, 5) is 16.0. The zero-order chi connectivity index (χ0) is 18.2. The Morgan fingerprint density at radius 3 is 2.36 bits per heavy atom. The normalized spacial score (nSPS) is 11.4. The van der Waals surface area contributed by atoms with Crippen molar-refractivity contribution in [2.75, 3.05) is 27.2 Å². The molecule has 0 heterocycles. The summed E-state index contributed by atoms with van der Waals surface area (Å²) < 4.78 is 5.40. The molecule has 0 aromatic heterocycles. The maximum Gasteiger partial charge on any atom is 0.225 e. The summed E-state index contributed by atoms with van der Waals surface area (Å²) in [5.41, 5.74) is 1.85. The fourth-order valence-electron chi connectivity index (χ4n) is 2.02. The third-order valence-electron chi connectivity index (χ3n) is 3.50. The first-order chi connectivity index (χ1) is 11.3. The molecular formula is C18H31IN4O2. The summed E-state index contributed by atoms with van der Waals surface area (Å²) in [6, 6.07) is 6.10. The van der Waals surface area contributed by atoms with E-state index in [0.29, 0.717) is 25.6 Å². The molecular weight excluding hydrogens is 431 g/mol. The summed E-state index contributed by atoms with van der Waals surface area (Å²) in [7, 11) is 3.39. The number of methoxy groups -OCH3 is 1. The van der Waals surface area contributed by atoms with Crippen molar-refractivity contribution in [1.82, 2.24) is 16.0 Å². The van der Waals surface area contributed by atoms with Gasteiger partial charge in [0.2, 0.25) is 5.91 Å². The highest BCUT2D eigenvalue weighted by molar-refractivity contribution is 14.0. The van der Waals surface area contributed by atoms with Crippen molar-refractivity contribution in [3.63, 3.8) is 0 Å². The second kappa shape index (κ2) is 11.2. The number of carbonyl (C=O) groups excluding carboxylic acids is 1. The van der Waals surface area contributed by atoms with Crippen LogP contribution in [-0.4, -0.2) is 39.1 Å². The molecule has 1 aromatic carbocycles. The van der Waals surface area contributed by atoms with Crippen molar-refractivity contribution < 1.29 is 9.53 Å². The van der Waals surface area contributed by atoms with Crippen molar-refractivity contribution in [1.29, 1.82) is 0 Å². The maximum atomic E-state index is 11.8. The third-order valence-corrected chi connectivity index (χ3v) is 3.50. The van der Waals surface area contributed by atoms with Crippen LogP contribution in [0.3, 0.4) is 0 Å². The van der Waals surface area contributed by atoms with E-state index in [2.05, 4.69) is 27.0 Å². The van der Waals surface area contributed by atoms with E-state index in [-0.39, 0.29) is 35.3 Å². The maximum absolute atomic E-state index is 11.8. The van der Waals surface area contributed by atoms with E-state index in [9.17, 15) is 4.79 Å². The van der Waals surface area contributed by atoms with Gasteiger partial charge in [0.05, 0.1) is 7.11 Å². The zero-order valence-electron chi connectivity index (χ0n) is 16.0. The topological polar surface area (TPSA) is 74.8 Å². The Balaban J connectivity index is 0.00000576. The van der Waals surface area contributed by atoms with E-state index in [4.69, 9.17) is 4.74 Å². The highest BCUT2D eigenvalue weighted by atomic mass is 127. The predicted octanol–water partition coefficient (Wildman–Crippen LogP) is 2.45. The molecule has 0 spiro atoms. The van der Waals surface area contributed by atoms with Crippen LogP contribution in [0.4, 0.5) is 0 Å². The Labute approximate surface area is 168 Å². The van der Waals surface area contributed by atoms with Gasteiger partial charge in [0.1, 0.15) is 5.75 Å². The number of amides is 1. The van der Waals surface area contributed by atoms with Crippen molar-refractivity contribution >= 4 is 35.8 Å². The van der Waals surface area contributed by atoms with Gasteiger partial charge in [0.25, 0.3) is 0 Å². The summed E-state index contributed by atoms with van der Waals surface area (Å²) >= 11 is 0. The largest absolute Gasteiger partial charge is 0.496 e. The number of guanidine groups is 1. The lowest BCUT2D eigenvalue weighted by atomic mass is 9.96. The fraction of sp³-hybridized carbons (Fsp3) is 0.556. The molecule has 25 heavy (non-hydrogen) atoms. The van der Waals surface area contributed by atoms with E-state index < -0.39 is 0 Å². The number of halogens is 1.